The van der Waals surface area contributed by atoms with Crippen LogP contribution in [0.4, 0.5) is 10.9 Å². The number of carbonyl (C=O) groups excluding carboxylic acids is 1. The highest BCUT2D eigenvalue weighted by Gasteiger charge is 2.18. The molecule has 0 aliphatic carbocycles. The first-order chi connectivity index (χ1) is 9.97. The monoisotopic (exact) mass is 305 g/mol. The van der Waals surface area contributed by atoms with Crippen molar-refractivity contribution >= 4 is 28.2 Å². The third-order valence-electron chi connectivity index (χ3n) is 2.80. The molecule has 0 aliphatic rings. The molecule has 0 fully saturated rings. The summed E-state index contributed by atoms with van der Waals surface area (Å²) >= 11 is 1.26. The van der Waals surface area contributed by atoms with Gasteiger partial charge in [-0.3, -0.25) is 9.78 Å². The third-order valence-corrected chi connectivity index (χ3v) is 3.80. The highest BCUT2D eigenvalue weighted by atomic mass is 32.1. The number of carbonyl (C=O) groups is 1. The summed E-state index contributed by atoms with van der Waals surface area (Å²) in [4.78, 5) is 20.9. The molecule has 0 spiro atoms. The summed E-state index contributed by atoms with van der Waals surface area (Å²) in [7, 11) is 0. The predicted molar refractivity (Wildman–Crippen MR) is 85.4 cm³/mol. The van der Waals surface area contributed by atoms with Gasteiger partial charge in [-0.05, 0) is 32.4 Å². The zero-order valence-corrected chi connectivity index (χ0v) is 13.1. The van der Waals surface area contributed by atoms with Crippen molar-refractivity contribution in [2.24, 2.45) is 0 Å². The molecular formula is C14H19N5OS. The van der Waals surface area contributed by atoms with Crippen LogP contribution >= 0.6 is 11.3 Å². The van der Waals surface area contributed by atoms with E-state index in [1.807, 2.05) is 32.9 Å². The van der Waals surface area contributed by atoms with E-state index in [2.05, 4.69) is 20.6 Å². The van der Waals surface area contributed by atoms with E-state index < -0.39 is 0 Å². The van der Waals surface area contributed by atoms with Gasteiger partial charge in [0.05, 0.1) is 6.04 Å². The van der Waals surface area contributed by atoms with Gasteiger partial charge in [0.15, 0.2) is 5.13 Å². The van der Waals surface area contributed by atoms with Crippen molar-refractivity contribution in [2.45, 2.75) is 32.9 Å². The van der Waals surface area contributed by atoms with Crippen molar-refractivity contribution in [3.63, 3.8) is 0 Å². The van der Waals surface area contributed by atoms with Crippen molar-refractivity contribution in [3.8, 4) is 0 Å². The quantitative estimate of drug-likeness (QED) is 0.789. The molecule has 6 nitrogen and oxygen atoms in total. The summed E-state index contributed by atoms with van der Waals surface area (Å²) in [5, 5.41) is 6.70. The SMILES string of the molecule is CC(C)Nc1nc(N)c(C(=O)NC(C)c2cccnc2)s1. The number of nitrogens with one attached hydrogen (secondary N) is 2. The van der Waals surface area contributed by atoms with Gasteiger partial charge in [0.25, 0.3) is 5.91 Å². The van der Waals surface area contributed by atoms with E-state index in [0.29, 0.717) is 10.0 Å². The van der Waals surface area contributed by atoms with Crippen LogP contribution in [0, 0.1) is 0 Å². The second-order valence-electron chi connectivity index (χ2n) is 5.01. The summed E-state index contributed by atoms with van der Waals surface area (Å²) in [6, 6.07) is 3.85. The van der Waals surface area contributed by atoms with E-state index in [1.165, 1.54) is 11.3 Å². The fraction of sp³-hybridized carbons (Fsp3) is 0.357. The Morgan fingerprint density at radius 1 is 1.38 bits per heavy atom. The Labute approximate surface area is 127 Å². The molecule has 0 aliphatic heterocycles. The van der Waals surface area contributed by atoms with Gasteiger partial charge in [0.1, 0.15) is 10.7 Å². The molecule has 0 radical (unpaired) electrons. The normalized spacial score (nSPS) is 12.2. The maximum Gasteiger partial charge on any atom is 0.265 e. The first-order valence-electron chi connectivity index (χ1n) is 6.71. The van der Waals surface area contributed by atoms with E-state index in [1.54, 1.807) is 12.4 Å². The number of nitrogens with zero attached hydrogens (tertiary/aromatic N) is 2. The molecule has 2 rings (SSSR count). The lowest BCUT2D eigenvalue weighted by molar-refractivity contribution is 0.0944. The molecule has 112 valence electrons. The number of anilines is 2. The fourth-order valence-corrected chi connectivity index (χ4v) is 2.71. The van der Waals surface area contributed by atoms with E-state index in [9.17, 15) is 4.79 Å². The van der Waals surface area contributed by atoms with E-state index in [0.717, 1.165) is 5.56 Å². The number of aromatic nitrogens is 2. The topological polar surface area (TPSA) is 92.9 Å². The Hall–Kier alpha value is -2.15. The van der Waals surface area contributed by atoms with Crippen molar-refractivity contribution in [2.75, 3.05) is 11.1 Å². The molecule has 1 unspecified atom stereocenters. The Morgan fingerprint density at radius 3 is 2.76 bits per heavy atom. The number of rotatable bonds is 5. The summed E-state index contributed by atoms with van der Waals surface area (Å²) in [5.41, 5.74) is 6.76. The van der Waals surface area contributed by atoms with Gasteiger partial charge in [-0.1, -0.05) is 17.4 Å². The molecule has 2 aromatic rings. The molecule has 21 heavy (non-hydrogen) atoms. The van der Waals surface area contributed by atoms with Crippen molar-refractivity contribution in [3.05, 3.63) is 35.0 Å². The fourth-order valence-electron chi connectivity index (χ4n) is 1.78. The van der Waals surface area contributed by atoms with Crippen LogP contribution in [0.1, 0.15) is 42.0 Å². The van der Waals surface area contributed by atoms with Gasteiger partial charge >= 0.3 is 0 Å². The van der Waals surface area contributed by atoms with Crippen LogP contribution in [-0.2, 0) is 0 Å². The van der Waals surface area contributed by atoms with Crippen molar-refractivity contribution < 1.29 is 4.79 Å². The smallest absolute Gasteiger partial charge is 0.265 e. The number of nitrogens with two attached hydrogens (primary N) is 1. The van der Waals surface area contributed by atoms with E-state index >= 15 is 0 Å². The first-order valence-corrected chi connectivity index (χ1v) is 7.52. The molecule has 0 saturated heterocycles. The molecule has 0 bridgehead atoms. The number of thiazole rings is 1. The molecule has 2 aromatic heterocycles. The molecule has 0 aromatic carbocycles. The molecular weight excluding hydrogens is 286 g/mol. The van der Waals surface area contributed by atoms with Gasteiger partial charge in [0.2, 0.25) is 0 Å². The zero-order valence-electron chi connectivity index (χ0n) is 12.3. The number of hydrogen-bond donors (Lipinski definition) is 3. The average molecular weight is 305 g/mol. The number of hydrogen-bond acceptors (Lipinski definition) is 6. The third kappa shape index (κ3) is 3.91. The predicted octanol–water partition coefficient (Wildman–Crippen LogP) is 2.43. The highest BCUT2D eigenvalue weighted by molar-refractivity contribution is 7.18. The van der Waals surface area contributed by atoms with Crippen LogP contribution < -0.4 is 16.4 Å². The molecule has 0 saturated carbocycles. The Balaban J connectivity index is 2.08. The standard InChI is InChI=1S/C14H19N5OS/c1-8(2)17-14-19-12(15)11(21-14)13(20)18-9(3)10-5-4-6-16-7-10/h4-9H,15H2,1-3H3,(H,17,19)(H,18,20). The lowest BCUT2D eigenvalue weighted by atomic mass is 10.1. The Morgan fingerprint density at radius 2 is 2.14 bits per heavy atom. The van der Waals surface area contributed by atoms with E-state index in [4.69, 9.17) is 5.73 Å². The van der Waals surface area contributed by atoms with Gasteiger partial charge < -0.3 is 16.4 Å². The summed E-state index contributed by atoms with van der Waals surface area (Å²) in [6.07, 6.45) is 3.43. The van der Waals surface area contributed by atoms with Crippen LogP contribution in [0.3, 0.4) is 0 Å². The molecule has 1 amide bonds. The second-order valence-corrected chi connectivity index (χ2v) is 6.01. The van der Waals surface area contributed by atoms with Gasteiger partial charge in [-0.2, -0.15) is 0 Å². The zero-order chi connectivity index (χ0) is 15.4. The highest BCUT2D eigenvalue weighted by Crippen LogP contribution is 2.26. The first kappa shape index (κ1) is 15.2. The minimum Gasteiger partial charge on any atom is -0.382 e. The van der Waals surface area contributed by atoms with Crippen LogP contribution in [0.15, 0.2) is 24.5 Å². The number of nitrogen functional groups attached to an aromatic ring is 1. The molecule has 4 N–H and O–H groups in total. The maximum absolute atomic E-state index is 12.3. The van der Waals surface area contributed by atoms with Crippen molar-refractivity contribution in [1.29, 1.82) is 0 Å². The molecule has 2 heterocycles. The van der Waals surface area contributed by atoms with Gasteiger partial charge in [-0.25, -0.2) is 4.98 Å². The largest absolute Gasteiger partial charge is 0.382 e. The lowest BCUT2D eigenvalue weighted by Crippen LogP contribution is -2.26. The maximum atomic E-state index is 12.3. The average Bonchev–Trinajstić information content (AvgIpc) is 2.79. The molecule has 7 heteroatoms. The second kappa shape index (κ2) is 6.53. The van der Waals surface area contributed by atoms with Crippen LogP contribution in [-0.4, -0.2) is 21.9 Å². The summed E-state index contributed by atoms with van der Waals surface area (Å²) < 4.78 is 0. The van der Waals surface area contributed by atoms with Crippen LogP contribution in [0.5, 0.6) is 0 Å². The van der Waals surface area contributed by atoms with Crippen LogP contribution in [0.2, 0.25) is 0 Å². The summed E-state index contributed by atoms with van der Waals surface area (Å²) in [6.45, 7) is 5.91. The number of amides is 1. The number of pyridine rings is 1. The Bertz CT molecular complexity index is 611. The lowest BCUT2D eigenvalue weighted by Gasteiger charge is -2.13. The van der Waals surface area contributed by atoms with Crippen LogP contribution in [0.25, 0.3) is 0 Å². The minimum atomic E-state index is -0.224. The Kier molecular flexibility index (Phi) is 4.74. The van der Waals surface area contributed by atoms with Crippen molar-refractivity contribution in [1.82, 2.24) is 15.3 Å². The summed E-state index contributed by atoms with van der Waals surface area (Å²) in [5.74, 6) is 0.0252. The minimum absolute atomic E-state index is 0.144. The van der Waals surface area contributed by atoms with E-state index in [-0.39, 0.29) is 23.8 Å². The molecule has 1 atom stereocenters. The van der Waals surface area contributed by atoms with Gasteiger partial charge in [0, 0.05) is 18.4 Å². The van der Waals surface area contributed by atoms with Gasteiger partial charge in [-0.15, -0.1) is 0 Å².